The highest BCUT2D eigenvalue weighted by atomic mass is 16.6. The van der Waals surface area contributed by atoms with E-state index in [-0.39, 0.29) is 23.7 Å². The fourth-order valence-electron chi connectivity index (χ4n) is 2.35. The van der Waals surface area contributed by atoms with E-state index in [2.05, 4.69) is 0 Å². The first kappa shape index (κ1) is 14.0. The van der Waals surface area contributed by atoms with Crippen LogP contribution < -0.4 is 5.73 Å². The lowest BCUT2D eigenvalue weighted by atomic mass is 9.79. The van der Waals surface area contributed by atoms with Gasteiger partial charge in [-0.3, -0.25) is 9.59 Å². The summed E-state index contributed by atoms with van der Waals surface area (Å²) in [6.45, 7) is 5.58. The zero-order valence-electron chi connectivity index (χ0n) is 11.0. The Labute approximate surface area is 103 Å². The number of nitrogens with two attached hydrogens (primary N) is 1. The number of ether oxygens (including phenoxy) is 1. The van der Waals surface area contributed by atoms with Gasteiger partial charge in [0.05, 0.1) is 0 Å². The third-order valence-corrected chi connectivity index (χ3v) is 3.06. The number of primary amides is 1. The topological polar surface area (TPSA) is 69.4 Å². The van der Waals surface area contributed by atoms with Gasteiger partial charge in [0.1, 0.15) is 5.60 Å². The largest absolute Gasteiger partial charge is 0.460 e. The molecule has 0 aromatic carbocycles. The second-order valence-corrected chi connectivity index (χ2v) is 5.92. The maximum atomic E-state index is 11.7. The van der Waals surface area contributed by atoms with Gasteiger partial charge in [-0.1, -0.05) is 6.42 Å². The van der Waals surface area contributed by atoms with E-state index < -0.39 is 5.60 Å². The van der Waals surface area contributed by atoms with Crippen molar-refractivity contribution in [1.29, 1.82) is 0 Å². The van der Waals surface area contributed by atoms with Gasteiger partial charge in [-0.05, 0) is 46.0 Å². The van der Waals surface area contributed by atoms with E-state index in [9.17, 15) is 9.59 Å². The molecule has 1 saturated carbocycles. The van der Waals surface area contributed by atoms with Gasteiger partial charge in [0.15, 0.2) is 0 Å². The van der Waals surface area contributed by atoms with Crippen LogP contribution in [0, 0.1) is 11.8 Å². The number of hydrogen-bond donors (Lipinski definition) is 1. The first-order valence-corrected chi connectivity index (χ1v) is 6.29. The molecule has 0 bridgehead atoms. The Morgan fingerprint density at radius 3 is 2.47 bits per heavy atom. The molecule has 0 heterocycles. The Kier molecular flexibility index (Phi) is 4.54. The molecule has 0 aliphatic heterocycles. The minimum absolute atomic E-state index is 0.0591. The number of esters is 1. The summed E-state index contributed by atoms with van der Waals surface area (Å²) in [5.74, 6) is -0.223. The van der Waals surface area contributed by atoms with Crippen LogP contribution in [0.3, 0.4) is 0 Å². The summed E-state index contributed by atoms with van der Waals surface area (Å²) in [6.07, 6.45) is 3.96. The number of carbonyl (C=O) groups excluding carboxylic acids is 2. The minimum Gasteiger partial charge on any atom is -0.460 e. The van der Waals surface area contributed by atoms with Crippen molar-refractivity contribution < 1.29 is 14.3 Å². The standard InChI is InChI=1S/C13H23NO3/c1-13(2,3)17-11(15)8-9-5-4-6-10(7-9)12(14)16/h9-10H,4-8H2,1-3H3,(H2,14,16)/t9-,10+/m1/s1. The third kappa shape index (κ3) is 5.20. The summed E-state index contributed by atoms with van der Waals surface area (Å²) < 4.78 is 5.28. The molecule has 0 aromatic heterocycles. The molecular weight excluding hydrogens is 218 g/mol. The van der Waals surface area contributed by atoms with E-state index in [0.29, 0.717) is 6.42 Å². The van der Waals surface area contributed by atoms with Gasteiger partial charge < -0.3 is 10.5 Å². The SMILES string of the molecule is CC(C)(C)OC(=O)C[C@@H]1CCC[C@H](C(N)=O)C1. The molecule has 4 heteroatoms. The molecule has 1 aliphatic rings. The van der Waals surface area contributed by atoms with Crippen LogP contribution in [0.25, 0.3) is 0 Å². The third-order valence-electron chi connectivity index (χ3n) is 3.06. The molecule has 17 heavy (non-hydrogen) atoms. The predicted octanol–water partition coefficient (Wildman–Crippen LogP) is 2.01. The lowest BCUT2D eigenvalue weighted by Crippen LogP contribution is -2.31. The number of amides is 1. The van der Waals surface area contributed by atoms with E-state index >= 15 is 0 Å². The quantitative estimate of drug-likeness (QED) is 0.768. The fourth-order valence-corrected chi connectivity index (χ4v) is 2.35. The molecule has 0 spiro atoms. The number of carbonyl (C=O) groups is 2. The first-order valence-electron chi connectivity index (χ1n) is 6.29. The fraction of sp³-hybridized carbons (Fsp3) is 0.846. The Balaban J connectivity index is 2.41. The Bertz CT molecular complexity index is 294. The molecule has 0 radical (unpaired) electrons. The van der Waals surface area contributed by atoms with Gasteiger partial charge in [-0.2, -0.15) is 0 Å². The lowest BCUT2D eigenvalue weighted by molar-refractivity contribution is -0.156. The van der Waals surface area contributed by atoms with Crippen molar-refractivity contribution in [2.45, 2.75) is 58.5 Å². The second kappa shape index (κ2) is 5.52. The van der Waals surface area contributed by atoms with Crippen LogP contribution in [0.4, 0.5) is 0 Å². The molecule has 1 rings (SSSR count). The summed E-state index contributed by atoms with van der Waals surface area (Å²) in [5.41, 5.74) is 4.87. The molecule has 0 aromatic rings. The molecule has 0 unspecified atom stereocenters. The maximum absolute atomic E-state index is 11.7. The smallest absolute Gasteiger partial charge is 0.306 e. The molecule has 0 saturated heterocycles. The van der Waals surface area contributed by atoms with Crippen LogP contribution >= 0.6 is 0 Å². The minimum atomic E-state index is -0.436. The van der Waals surface area contributed by atoms with E-state index in [1.807, 2.05) is 20.8 Å². The first-order chi connectivity index (χ1) is 7.78. The summed E-state index contributed by atoms with van der Waals surface area (Å²) >= 11 is 0. The zero-order valence-corrected chi connectivity index (χ0v) is 11.0. The molecule has 2 N–H and O–H groups in total. The number of hydrogen-bond acceptors (Lipinski definition) is 3. The molecule has 1 amide bonds. The summed E-state index contributed by atoms with van der Waals surface area (Å²) in [6, 6.07) is 0. The molecule has 1 aliphatic carbocycles. The van der Waals surface area contributed by atoms with Crippen LogP contribution in [0.15, 0.2) is 0 Å². The second-order valence-electron chi connectivity index (χ2n) is 5.92. The Hall–Kier alpha value is -1.06. The average Bonchev–Trinajstić information content (AvgIpc) is 2.14. The Morgan fingerprint density at radius 2 is 1.94 bits per heavy atom. The van der Waals surface area contributed by atoms with Gasteiger partial charge >= 0.3 is 5.97 Å². The van der Waals surface area contributed by atoms with Crippen LogP contribution in [-0.2, 0) is 14.3 Å². The van der Waals surface area contributed by atoms with Crippen LogP contribution in [0.1, 0.15) is 52.9 Å². The zero-order chi connectivity index (χ0) is 13.1. The molecular formula is C13H23NO3. The highest BCUT2D eigenvalue weighted by Crippen LogP contribution is 2.31. The lowest BCUT2D eigenvalue weighted by Gasteiger charge is -2.27. The summed E-state index contributed by atoms with van der Waals surface area (Å²) in [4.78, 5) is 22.8. The molecule has 2 atom stereocenters. The van der Waals surface area contributed by atoms with E-state index in [1.54, 1.807) is 0 Å². The molecule has 1 fully saturated rings. The summed E-state index contributed by atoms with van der Waals surface area (Å²) in [7, 11) is 0. The molecule has 4 nitrogen and oxygen atoms in total. The highest BCUT2D eigenvalue weighted by Gasteiger charge is 2.28. The van der Waals surface area contributed by atoms with Crippen molar-refractivity contribution in [2.24, 2.45) is 17.6 Å². The highest BCUT2D eigenvalue weighted by molar-refractivity contribution is 5.77. The van der Waals surface area contributed by atoms with E-state index in [0.717, 1.165) is 25.7 Å². The van der Waals surface area contributed by atoms with Crippen LogP contribution in [0.2, 0.25) is 0 Å². The van der Waals surface area contributed by atoms with E-state index in [4.69, 9.17) is 10.5 Å². The van der Waals surface area contributed by atoms with Crippen molar-refractivity contribution in [3.8, 4) is 0 Å². The van der Waals surface area contributed by atoms with Gasteiger partial charge in [0, 0.05) is 12.3 Å². The average molecular weight is 241 g/mol. The van der Waals surface area contributed by atoms with Crippen molar-refractivity contribution in [3.05, 3.63) is 0 Å². The number of rotatable bonds is 3. The maximum Gasteiger partial charge on any atom is 0.306 e. The van der Waals surface area contributed by atoms with Crippen molar-refractivity contribution in [1.82, 2.24) is 0 Å². The normalized spacial score (nSPS) is 25.4. The van der Waals surface area contributed by atoms with E-state index in [1.165, 1.54) is 0 Å². The van der Waals surface area contributed by atoms with Crippen LogP contribution in [0.5, 0.6) is 0 Å². The van der Waals surface area contributed by atoms with Gasteiger partial charge in [0.2, 0.25) is 5.91 Å². The predicted molar refractivity (Wildman–Crippen MR) is 65.1 cm³/mol. The van der Waals surface area contributed by atoms with Crippen molar-refractivity contribution in [3.63, 3.8) is 0 Å². The van der Waals surface area contributed by atoms with Gasteiger partial charge in [-0.15, -0.1) is 0 Å². The van der Waals surface area contributed by atoms with Crippen molar-refractivity contribution in [2.75, 3.05) is 0 Å². The molecule has 98 valence electrons. The van der Waals surface area contributed by atoms with Crippen molar-refractivity contribution >= 4 is 11.9 Å². The van der Waals surface area contributed by atoms with Gasteiger partial charge in [-0.25, -0.2) is 0 Å². The van der Waals surface area contributed by atoms with Gasteiger partial charge in [0.25, 0.3) is 0 Å². The monoisotopic (exact) mass is 241 g/mol. The summed E-state index contributed by atoms with van der Waals surface area (Å²) in [5, 5.41) is 0. The van der Waals surface area contributed by atoms with Crippen LogP contribution in [-0.4, -0.2) is 17.5 Å². The Morgan fingerprint density at radius 1 is 1.29 bits per heavy atom.